The third kappa shape index (κ3) is 15.6. The number of thiophene rings is 2. The Balaban J connectivity index is 0.000000111. The first kappa shape index (κ1) is 88.0. The Labute approximate surface area is 854 Å². The number of anilines is 9. The second-order valence-corrected chi connectivity index (χ2v) is 42.4. The van der Waals surface area contributed by atoms with Crippen LogP contribution in [0.4, 0.5) is 51.2 Å². The molecule has 0 saturated carbocycles. The van der Waals surface area contributed by atoms with Crippen LogP contribution in [-0.4, -0.2) is 0 Å². The second kappa shape index (κ2) is 35.8. The van der Waals surface area contributed by atoms with E-state index in [1.807, 2.05) is 34.8 Å². The lowest BCUT2D eigenvalue weighted by atomic mass is 9.82. The summed E-state index contributed by atoms with van der Waals surface area (Å²) in [7, 11) is 0. The van der Waals surface area contributed by atoms with E-state index in [1.165, 1.54) is 179 Å². The molecule has 3 aliphatic rings. The summed E-state index contributed by atoms with van der Waals surface area (Å²) < 4.78 is 11.4. The number of para-hydroxylation sites is 1. The third-order valence-electron chi connectivity index (χ3n) is 30.6. The van der Waals surface area contributed by atoms with Gasteiger partial charge in [-0.05, 0) is 303 Å². The van der Waals surface area contributed by atoms with E-state index in [4.69, 9.17) is 4.42 Å². The number of rotatable bonds is 15. The fourth-order valence-corrected chi connectivity index (χ4v) is 25.4. The molecule has 0 unspecified atom stereocenters. The third-order valence-corrected chi connectivity index (χ3v) is 32.9. The molecule has 0 fully saturated rings. The molecule has 0 bridgehead atoms. The van der Waals surface area contributed by atoms with Gasteiger partial charge in [0.1, 0.15) is 11.2 Å². The maximum Gasteiger partial charge on any atom is 0.135 e. The van der Waals surface area contributed by atoms with Gasteiger partial charge in [-0.25, -0.2) is 0 Å². The Hall–Kier alpha value is -17.3. The number of fused-ring (bicyclic) bond motifs is 19. The van der Waals surface area contributed by atoms with Gasteiger partial charge in [0.2, 0.25) is 0 Å². The average molecular weight is 1890 g/mol. The lowest BCUT2D eigenvalue weighted by Crippen LogP contribution is -2.15. The second-order valence-electron chi connectivity index (χ2n) is 40.2. The molecule has 3 heterocycles. The Morgan fingerprint density at radius 1 is 0.166 bits per heavy atom. The van der Waals surface area contributed by atoms with Crippen molar-refractivity contribution in [2.45, 2.75) is 57.8 Å². The maximum atomic E-state index is 6.13. The van der Waals surface area contributed by atoms with Crippen molar-refractivity contribution in [2.24, 2.45) is 0 Å². The first-order chi connectivity index (χ1) is 71.1. The molecule has 0 saturated heterocycles. The highest BCUT2D eigenvalue weighted by Gasteiger charge is 2.39. The van der Waals surface area contributed by atoms with Crippen LogP contribution in [0.5, 0.6) is 0 Å². The van der Waals surface area contributed by atoms with Gasteiger partial charge in [0.05, 0.1) is 5.69 Å². The van der Waals surface area contributed by atoms with Gasteiger partial charge in [-0.15, -0.1) is 22.7 Å². The molecule has 145 heavy (non-hydrogen) atoms. The number of hydrogen-bond donors (Lipinski definition) is 0. The van der Waals surface area contributed by atoms with E-state index >= 15 is 0 Å². The van der Waals surface area contributed by atoms with Crippen molar-refractivity contribution in [1.29, 1.82) is 0 Å². The van der Waals surface area contributed by atoms with Gasteiger partial charge in [0, 0.05) is 118 Å². The zero-order chi connectivity index (χ0) is 97.2. The topological polar surface area (TPSA) is 22.9 Å². The van der Waals surface area contributed by atoms with Gasteiger partial charge >= 0.3 is 0 Å². The van der Waals surface area contributed by atoms with Crippen molar-refractivity contribution in [3.63, 3.8) is 0 Å². The van der Waals surface area contributed by atoms with Gasteiger partial charge in [-0.1, -0.05) is 381 Å². The van der Waals surface area contributed by atoms with E-state index < -0.39 is 0 Å². The van der Waals surface area contributed by atoms with E-state index in [-0.39, 0.29) is 16.2 Å². The zero-order valence-electron chi connectivity index (χ0n) is 81.5. The smallest absolute Gasteiger partial charge is 0.135 e. The van der Waals surface area contributed by atoms with Crippen molar-refractivity contribution < 1.29 is 4.42 Å². The minimum absolute atomic E-state index is 0.0287. The molecular formula is C139H101N3OS2. The van der Waals surface area contributed by atoms with Gasteiger partial charge in [-0.3, -0.25) is 0 Å². The SMILES string of the molecule is CC1(C)c2ccccc2-c2cc(N(c3ccc(-c4cccc(-c5ccccc5)c4)cc3)c3cccc(-c4ccc5sc6ccccc6c5c4)c3)ccc21.CC1(C)c2ccccc2-c2cc(N(c3ccc(-c4ccccc4)cc3)c3cccc(-c4ccc5oc6ccccc6c5c4)c3)ccc21.CC1(C)c2ccccc2-c2cc(N(c3cccc(-c4ccc5sc6ccccc6c5c4)c3)c3cccc4ccccc34)ccc21. The molecule has 25 aromatic rings. The molecule has 22 aromatic carbocycles. The molecule has 0 spiro atoms. The lowest BCUT2D eigenvalue weighted by Gasteiger charge is -2.28. The Kier molecular flexibility index (Phi) is 21.7. The van der Waals surface area contributed by atoms with Crippen LogP contribution < -0.4 is 14.7 Å². The largest absolute Gasteiger partial charge is 0.456 e. The molecule has 0 N–H and O–H groups in total. The monoisotopic (exact) mass is 1890 g/mol. The van der Waals surface area contributed by atoms with Gasteiger partial charge in [-0.2, -0.15) is 0 Å². The first-order valence-electron chi connectivity index (χ1n) is 50.2. The molecular weight excluding hydrogens is 1790 g/mol. The summed E-state index contributed by atoms with van der Waals surface area (Å²) in [4.78, 5) is 7.25. The van der Waals surface area contributed by atoms with E-state index in [1.54, 1.807) is 0 Å². The summed E-state index contributed by atoms with van der Waals surface area (Å²) in [6, 6.07) is 184. The number of nitrogens with zero attached hydrogens (tertiary/aromatic N) is 3. The summed E-state index contributed by atoms with van der Waals surface area (Å²) in [5.74, 6) is 0. The van der Waals surface area contributed by atoms with Crippen LogP contribution in [-0.2, 0) is 16.2 Å². The summed E-state index contributed by atoms with van der Waals surface area (Å²) >= 11 is 3.73. The zero-order valence-corrected chi connectivity index (χ0v) is 83.1. The van der Waals surface area contributed by atoms with Gasteiger partial charge < -0.3 is 19.1 Å². The van der Waals surface area contributed by atoms with Crippen LogP contribution in [0.2, 0.25) is 0 Å². The minimum Gasteiger partial charge on any atom is -0.456 e. The molecule has 6 heteroatoms. The van der Waals surface area contributed by atoms with Crippen molar-refractivity contribution in [1.82, 2.24) is 0 Å². The van der Waals surface area contributed by atoms with Crippen LogP contribution in [0.1, 0.15) is 74.9 Å². The summed E-state index contributed by atoms with van der Waals surface area (Å²) in [5, 5.41) is 10.0. The molecule has 0 radical (unpaired) electrons. The summed E-state index contributed by atoms with van der Waals surface area (Å²) in [6.45, 7) is 14.0. The van der Waals surface area contributed by atoms with Gasteiger partial charge in [0.25, 0.3) is 0 Å². The standard InChI is InChI=1S/C51H37NS.C45H33NO.C43H31NS/c1-51(2)47-20-8-6-18-43(47)45-33-42(27-28-48(45)51)52(40-25-22-35(23-26-40)37-15-10-14-36(30-37)34-12-4-3-5-13-34)41-17-11-16-38(31-41)39-24-29-50-46(32-39)44-19-7-9-21-49(44)53-50;1-45(2)41-17-8-6-15-37(41)39-29-36(24-25-42(39)45)46(34-22-19-31(20-23-34)30-11-4-3-5-12-30)35-14-10-13-32(27-35)33-21-26-44-40(28-33)38-16-7-9-18-43(38)47-44;1-43(2)38-18-7-5-16-34(38)36-27-32(22-23-39(36)43)44(40-19-10-12-28-11-3-4-15-33(28)40)31-14-9-13-29(25-31)30-21-24-42-37(26-30)35-17-6-8-20-41(35)45-42/h3-33H,1-2H3;3-29H,1-2H3;3-27H,1-2H3. The molecule has 0 amide bonds. The fraction of sp³-hybridized carbons (Fsp3) is 0.0647. The van der Waals surface area contributed by atoms with E-state index in [9.17, 15) is 0 Å². The van der Waals surface area contributed by atoms with E-state index in [2.05, 4.69) is 548 Å². The highest BCUT2D eigenvalue weighted by atomic mass is 32.1. The van der Waals surface area contributed by atoms with Crippen LogP contribution in [0.3, 0.4) is 0 Å². The van der Waals surface area contributed by atoms with E-state index in [0.29, 0.717) is 0 Å². The Morgan fingerprint density at radius 2 is 0.455 bits per heavy atom. The fourth-order valence-electron chi connectivity index (χ4n) is 23.2. The Bertz CT molecular complexity index is 9380. The van der Waals surface area contributed by atoms with Crippen molar-refractivity contribution in [3.05, 3.63) is 537 Å². The average Bonchev–Trinajstić information content (AvgIpc) is 1.58. The van der Waals surface area contributed by atoms with E-state index in [0.717, 1.165) is 78.6 Å². The Morgan fingerprint density at radius 3 is 0.931 bits per heavy atom. The van der Waals surface area contributed by atoms with Crippen LogP contribution >= 0.6 is 22.7 Å². The predicted molar refractivity (Wildman–Crippen MR) is 619 cm³/mol. The van der Waals surface area contributed by atoms with Crippen molar-refractivity contribution in [3.8, 4) is 100 Å². The highest BCUT2D eigenvalue weighted by Crippen LogP contribution is 2.56. The maximum absolute atomic E-state index is 6.13. The highest BCUT2D eigenvalue weighted by molar-refractivity contribution is 7.26. The molecule has 4 nitrogen and oxygen atoms in total. The molecule has 28 rings (SSSR count). The number of benzene rings is 22. The quantitative estimate of drug-likeness (QED) is 0.102. The molecule has 690 valence electrons. The summed E-state index contributed by atoms with van der Waals surface area (Å²) in [6.07, 6.45) is 0. The predicted octanol–water partition coefficient (Wildman–Crippen LogP) is 40.2. The molecule has 0 atom stereocenters. The number of furan rings is 1. The van der Waals surface area contributed by atoms with Gasteiger partial charge in [0.15, 0.2) is 0 Å². The minimum atomic E-state index is -0.0460. The van der Waals surface area contributed by atoms with Crippen LogP contribution in [0.25, 0.3) is 173 Å². The lowest BCUT2D eigenvalue weighted by molar-refractivity contribution is 0.660. The van der Waals surface area contributed by atoms with Crippen molar-refractivity contribution in [2.75, 3.05) is 14.7 Å². The summed E-state index contributed by atoms with van der Waals surface area (Å²) in [5.41, 5.74) is 42.6. The number of hydrogen-bond acceptors (Lipinski definition) is 6. The molecule has 0 aliphatic heterocycles. The van der Waals surface area contributed by atoms with Crippen LogP contribution in [0, 0.1) is 0 Å². The normalized spacial score (nSPS) is 13.1. The molecule has 3 aliphatic carbocycles. The molecule has 3 aromatic heterocycles. The van der Waals surface area contributed by atoms with Crippen LogP contribution in [0.15, 0.2) is 508 Å². The van der Waals surface area contributed by atoms with Crippen molar-refractivity contribution >= 4 is 147 Å². The first-order valence-corrected chi connectivity index (χ1v) is 51.8.